The Balaban J connectivity index is 2.21. The molecule has 0 atom stereocenters. The fourth-order valence-corrected chi connectivity index (χ4v) is 1.83. The molecule has 0 unspecified atom stereocenters. The van der Waals surface area contributed by atoms with Gasteiger partial charge in [0.05, 0.1) is 30.9 Å². The number of carbonyl (C=O) groups is 1. The Morgan fingerprint density at radius 1 is 1.09 bits per heavy atom. The maximum Gasteiger partial charge on any atom is 0.273 e. The van der Waals surface area contributed by atoms with Gasteiger partial charge in [0.2, 0.25) is 0 Å². The fraction of sp³-hybridized carbons (Fsp3) is 0.133. The summed E-state index contributed by atoms with van der Waals surface area (Å²) in [5.41, 5.74) is 0.675. The predicted molar refractivity (Wildman–Crippen MR) is 80.6 cm³/mol. The third kappa shape index (κ3) is 3.32. The molecule has 0 radical (unpaired) electrons. The monoisotopic (exact) mass is 302 g/mol. The average Bonchev–Trinajstić information content (AvgIpc) is 2.55. The number of nitrogens with zero attached hydrogens (tertiary/aromatic N) is 1. The summed E-state index contributed by atoms with van der Waals surface area (Å²) in [6.07, 6.45) is 0. The number of anilines is 1. The molecular weight excluding hydrogens is 288 g/mol. The van der Waals surface area contributed by atoms with Crippen LogP contribution in [0.4, 0.5) is 11.4 Å². The Kier molecular flexibility index (Phi) is 4.57. The van der Waals surface area contributed by atoms with Gasteiger partial charge in [0.1, 0.15) is 11.5 Å². The van der Waals surface area contributed by atoms with Crippen molar-refractivity contribution in [3.05, 3.63) is 58.1 Å². The van der Waals surface area contributed by atoms with Crippen molar-refractivity contribution < 1.29 is 19.2 Å². The van der Waals surface area contributed by atoms with E-state index in [4.69, 9.17) is 9.47 Å². The van der Waals surface area contributed by atoms with Crippen molar-refractivity contribution in [1.82, 2.24) is 0 Å². The molecule has 0 aliphatic rings. The largest absolute Gasteiger partial charge is 0.497 e. The number of nitrogens with one attached hydrogen (secondary N) is 1. The summed E-state index contributed by atoms with van der Waals surface area (Å²) in [4.78, 5) is 22.4. The number of benzene rings is 2. The number of hydrogen-bond donors (Lipinski definition) is 1. The molecule has 2 aromatic carbocycles. The highest BCUT2D eigenvalue weighted by Crippen LogP contribution is 2.29. The Morgan fingerprint density at radius 2 is 1.77 bits per heavy atom. The molecule has 0 bridgehead atoms. The Labute approximate surface area is 126 Å². The lowest BCUT2D eigenvalue weighted by molar-refractivity contribution is -0.384. The van der Waals surface area contributed by atoms with Crippen LogP contribution in [-0.4, -0.2) is 25.1 Å². The van der Waals surface area contributed by atoms with Gasteiger partial charge in [-0.05, 0) is 30.3 Å². The lowest BCUT2D eigenvalue weighted by Crippen LogP contribution is -2.12. The van der Waals surface area contributed by atoms with E-state index in [0.717, 1.165) is 0 Å². The molecule has 22 heavy (non-hydrogen) atoms. The lowest BCUT2D eigenvalue weighted by Gasteiger charge is -2.10. The molecule has 0 heterocycles. The van der Waals surface area contributed by atoms with E-state index in [1.165, 1.54) is 32.4 Å². The zero-order valence-electron chi connectivity index (χ0n) is 12.0. The average molecular weight is 302 g/mol. The zero-order valence-corrected chi connectivity index (χ0v) is 12.0. The summed E-state index contributed by atoms with van der Waals surface area (Å²) >= 11 is 0. The van der Waals surface area contributed by atoms with Crippen LogP contribution in [0.25, 0.3) is 0 Å². The first-order valence-electron chi connectivity index (χ1n) is 6.33. The minimum atomic E-state index is -0.530. The molecule has 0 aliphatic heterocycles. The molecule has 2 rings (SSSR count). The van der Waals surface area contributed by atoms with Crippen molar-refractivity contribution in [1.29, 1.82) is 0 Å². The van der Waals surface area contributed by atoms with E-state index in [1.54, 1.807) is 24.3 Å². The molecule has 2 aromatic rings. The molecule has 7 nitrogen and oxygen atoms in total. The number of amides is 1. The van der Waals surface area contributed by atoms with E-state index in [2.05, 4.69) is 5.32 Å². The summed E-state index contributed by atoms with van der Waals surface area (Å²) in [6, 6.07) is 10.6. The number of hydrogen-bond acceptors (Lipinski definition) is 5. The molecule has 1 N–H and O–H groups in total. The van der Waals surface area contributed by atoms with Gasteiger partial charge in [0.15, 0.2) is 0 Å². The van der Waals surface area contributed by atoms with Crippen molar-refractivity contribution in [2.75, 3.05) is 19.5 Å². The molecule has 0 aliphatic carbocycles. The van der Waals surface area contributed by atoms with E-state index in [0.29, 0.717) is 17.0 Å². The Morgan fingerprint density at radius 3 is 2.32 bits per heavy atom. The van der Waals surface area contributed by atoms with Gasteiger partial charge in [-0.1, -0.05) is 0 Å². The van der Waals surface area contributed by atoms with E-state index in [9.17, 15) is 14.9 Å². The number of nitro groups is 1. The minimum absolute atomic E-state index is 0.112. The van der Waals surface area contributed by atoms with Crippen LogP contribution in [0.5, 0.6) is 11.5 Å². The van der Waals surface area contributed by atoms with Gasteiger partial charge in [0.25, 0.3) is 11.6 Å². The number of nitro benzene ring substituents is 1. The molecule has 7 heteroatoms. The van der Waals surface area contributed by atoms with Crippen LogP contribution in [0.3, 0.4) is 0 Å². The molecule has 0 saturated heterocycles. The molecule has 0 saturated carbocycles. The number of carbonyl (C=O) groups excluding carboxylic acids is 1. The van der Waals surface area contributed by atoms with Gasteiger partial charge in [-0.25, -0.2) is 0 Å². The highest BCUT2D eigenvalue weighted by molar-refractivity contribution is 6.05. The molecule has 114 valence electrons. The standard InChI is InChI=1S/C15H14N2O5/c1-21-12-6-3-10(4-7-12)15(18)16-13-8-5-11(17(19)20)9-14(13)22-2/h3-9H,1-2H3,(H,16,18). The maximum absolute atomic E-state index is 12.2. The molecule has 1 amide bonds. The third-order valence-corrected chi connectivity index (χ3v) is 3.00. The lowest BCUT2D eigenvalue weighted by atomic mass is 10.2. The van der Waals surface area contributed by atoms with Crippen molar-refractivity contribution in [2.45, 2.75) is 0 Å². The number of rotatable bonds is 5. The number of methoxy groups -OCH3 is 2. The maximum atomic E-state index is 12.2. The van der Waals surface area contributed by atoms with Crippen molar-refractivity contribution >= 4 is 17.3 Å². The first-order chi connectivity index (χ1) is 10.5. The van der Waals surface area contributed by atoms with Crippen LogP contribution < -0.4 is 14.8 Å². The first-order valence-corrected chi connectivity index (χ1v) is 6.33. The topological polar surface area (TPSA) is 90.7 Å². The van der Waals surface area contributed by atoms with Gasteiger partial charge >= 0.3 is 0 Å². The quantitative estimate of drug-likeness (QED) is 0.677. The van der Waals surface area contributed by atoms with Gasteiger partial charge < -0.3 is 14.8 Å². The van der Waals surface area contributed by atoms with Gasteiger partial charge in [0, 0.05) is 11.6 Å². The molecule has 0 spiro atoms. The summed E-state index contributed by atoms with van der Waals surface area (Å²) in [5, 5.41) is 13.4. The second-order valence-electron chi connectivity index (χ2n) is 4.32. The van der Waals surface area contributed by atoms with Gasteiger partial charge in [-0.2, -0.15) is 0 Å². The molecule has 0 fully saturated rings. The van der Waals surface area contributed by atoms with Gasteiger partial charge in [-0.3, -0.25) is 14.9 Å². The van der Waals surface area contributed by atoms with Crippen molar-refractivity contribution in [2.24, 2.45) is 0 Å². The van der Waals surface area contributed by atoms with Crippen LogP contribution in [0.1, 0.15) is 10.4 Å². The summed E-state index contributed by atoms with van der Waals surface area (Å²) in [6.45, 7) is 0. The van der Waals surface area contributed by atoms with E-state index in [-0.39, 0.29) is 17.3 Å². The minimum Gasteiger partial charge on any atom is -0.497 e. The van der Waals surface area contributed by atoms with Crippen molar-refractivity contribution in [3.8, 4) is 11.5 Å². The Bertz CT molecular complexity index is 698. The highest BCUT2D eigenvalue weighted by atomic mass is 16.6. The van der Waals surface area contributed by atoms with E-state index < -0.39 is 4.92 Å². The van der Waals surface area contributed by atoms with Crippen LogP contribution in [0.2, 0.25) is 0 Å². The third-order valence-electron chi connectivity index (χ3n) is 3.00. The Hall–Kier alpha value is -3.09. The highest BCUT2D eigenvalue weighted by Gasteiger charge is 2.14. The fourth-order valence-electron chi connectivity index (χ4n) is 1.83. The zero-order chi connectivity index (χ0) is 16.1. The second-order valence-corrected chi connectivity index (χ2v) is 4.32. The summed E-state index contributed by atoms with van der Waals surface area (Å²) in [7, 11) is 2.92. The number of non-ortho nitro benzene ring substituents is 1. The number of ether oxygens (including phenoxy) is 2. The van der Waals surface area contributed by atoms with Crippen molar-refractivity contribution in [3.63, 3.8) is 0 Å². The van der Waals surface area contributed by atoms with E-state index >= 15 is 0 Å². The van der Waals surface area contributed by atoms with E-state index in [1.807, 2.05) is 0 Å². The van der Waals surface area contributed by atoms with Crippen LogP contribution in [-0.2, 0) is 0 Å². The van der Waals surface area contributed by atoms with Crippen LogP contribution >= 0.6 is 0 Å². The summed E-state index contributed by atoms with van der Waals surface area (Å²) in [5.74, 6) is 0.510. The van der Waals surface area contributed by atoms with Gasteiger partial charge in [-0.15, -0.1) is 0 Å². The van der Waals surface area contributed by atoms with Crippen LogP contribution in [0, 0.1) is 10.1 Å². The predicted octanol–water partition coefficient (Wildman–Crippen LogP) is 2.86. The normalized spacial score (nSPS) is 9.91. The first kappa shape index (κ1) is 15.3. The molecule has 0 aromatic heterocycles. The smallest absolute Gasteiger partial charge is 0.273 e. The van der Waals surface area contributed by atoms with Crippen LogP contribution in [0.15, 0.2) is 42.5 Å². The summed E-state index contributed by atoms with van der Waals surface area (Å²) < 4.78 is 10.1. The SMILES string of the molecule is COc1ccc(C(=O)Nc2ccc([N+](=O)[O-])cc2OC)cc1. The molecular formula is C15H14N2O5. The second kappa shape index (κ2) is 6.57.